The van der Waals surface area contributed by atoms with Crippen molar-refractivity contribution in [3.8, 4) is 0 Å². The summed E-state index contributed by atoms with van der Waals surface area (Å²) in [6.45, 7) is 0. The molecule has 0 amide bonds. The molecule has 3 rings (SSSR count). The van der Waals surface area contributed by atoms with Crippen LogP contribution in [0.1, 0.15) is 0 Å². The molecule has 2 aromatic heterocycles. The minimum absolute atomic E-state index is 0.0778. The second-order valence-electron chi connectivity index (χ2n) is 4.44. The molecule has 5 nitrogen and oxygen atoms in total. The lowest BCUT2D eigenvalue weighted by Crippen LogP contribution is -2.14. The van der Waals surface area contributed by atoms with Gasteiger partial charge in [-0.1, -0.05) is 23.2 Å². The van der Waals surface area contributed by atoms with Crippen LogP contribution in [0.4, 0.5) is 5.69 Å². The van der Waals surface area contributed by atoms with Crippen LogP contribution < -0.4 is 4.72 Å². The van der Waals surface area contributed by atoms with E-state index < -0.39 is 10.0 Å². The topological polar surface area (TPSA) is 72.0 Å². The molecule has 0 aliphatic carbocycles. The predicted molar refractivity (Wildman–Crippen MR) is 86.8 cm³/mol. The van der Waals surface area contributed by atoms with Crippen molar-refractivity contribution in [3.63, 3.8) is 0 Å². The molecular weight excluding hydrogens is 345 g/mol. The summed E-state index contributed by atoms with van der Waals surface area (Å²) in [5, 5.41) is 1.01. The first-order chi connectivity index (χ1) is 10.5. The van der Waals surface area contributed by atoms with E-state index in [2.05, 4.69) is 14.7 Å². The first-order valence-electron chi connectivity index (χ1n) is 6.14. The zero-order valence-electron chi connectivity index (χ0n) is 11.0. The normalized spacial score (nSPS) is 11.5. The molecule has 1 N–H and O–H groups in total. The number of sulfonamides is 1. The van der Waals surface area contributed by atoms with Gasteiger partial charge in [0.05, 0.1) is 16.2 Å². The molecule has 112 valence electrons. The van der Waals surface area contributed by atoms with E-state index in [1.165, 1.54) is 30.7 Å². The fraction of sp³-hybridized carbons (Fsp3) is 0. The minimum Gasteiger partial charge on any atom is -0.279 e. The van der Waals surface area contributed by atoms with Gasteiger partial charge in [0.15, 0.2) is 0 Å². The average Bonchev–Trinajstić information content (AvgIpc) is 2.48. The highest BCUT2D eigenvalue weighted by molar-refractivity contribution is 7.92. The van der Waals surface area contributed by atoms with Crippen LogP contribution in [0.2, 0.25) is 10.0 Å². The second kappa shape index (κ2) is 5.72. The molecule has 0 atom stereocenters. The van der Waals surface area contributed by atoms with Crippen molar-refractivity contribution in [2.45, 2.75) is 4.90 Å². The Morgan fingerprint density at radius 2 is 1.77 bits per heavy atom. The Labute approximate surface area is 137 Å². The van der Waals surface area contributed by atoms with Crippen LogP contribution in [-0.2, 0) is 10.0 Å². The van der Waals surface area contributed by atoms with Gasteiger partial charge in [-0.2, -0.15) is 0 Å². The van der Waals surface area contributed by atoms with Gasteiger partial charge in [-0.25, -0.2) is 8.42 Å². The number of pyridine rings is 2. The maximum atomic E-state index is 12.5. The van der Waals surface area contributed by atoms with Gasteiger partial charge < -0.3 is 0 Å². The van der Waals surface area contributed by atoms with Crippen molar-refractivity contribution < 1.29 is 8.42 Å². The van der Waals surface area contributed by atoms with Crippen LogP contribution in [0.25, 0.3) is 10.9 Å². The van der Waals surface area contributed by atoms with Gasteiger partial charge >= 0.3 is 0 Å². The number of hydrogen-bond donors (Lipinski definition) is 1. The highest BCUT2D eigenvalue weighted by atomic mass is 35.5. The number of aromatic nitrogens is 2. The molecule has 22 heavy (non-hydrogen) atoms. The van der Waals surface area contributed by atoms with Gasteiger partial charge in [0.2, 0.25) is 0 Å². The summed E-state index contributed by atoms with van der Waals surface area (Å²) in [7, 11) is -3.86. The molecule has 0 spiro atoms. The fourth-order valence-corrected chi connectivity index (χ4v) is 3.70. The highest BCUT2D eigenvalue weighted by Crippen LogP contribution is 2.31. The zero-order chi connectivity index (χ0) is 15.7. The number of benzene rings is 1. The van der Waals surface area contributed by atoms with Crippen LogP contribution in [0, 0.1) is 0 Å². The van der Waals surface area contributed by atoms with E-state index in [0.29, 0.717) is 21.6 Å². The van der Waals surface area contributed by atoms with E-state index in [1.807, 2.05) is 0 Å². The molecule has 0 bridgehead atoms. The van der Waals surface area contributed by atoms with E-state index >= 15 is 0 Å². The summed E-state index contributed by atoms with van der Waals surface area (Å²) in [6.07, 6.45) is 4.19. The van der Waals surface area contributed by atoms with Gasteiger partial charge in [-0.05, 0) is 30.3 Å². The summed E-state index contributed by atoms with van der Waals surface area (Å²) in [5.74, 6) is 0. The Morgan fingerprint density at radius 1 is 1.05 bits per heavy atom. The van der Waals surface area contributed by atoms with Crippen LogP contribution in [-0.4, -0.2) is 18.4 Å². The summed E-state index contributed by atoms with van der Waals surface area (Å²) < 4.78 is 27.4. The molecule has 0 fully saturated rings. The lowest BCUT2D eigenvalue weighted by Gasteiger charge is -2.10. The Morgan fingerprint density at radius 3 is 2.50 bits per heavy atom. The average molecular weight is 354 g/mol. The Kier molecular flexibility index (Phi) is 3.90. The van der Waals surface area contributed by atoms with E-state index in [0.717, 1.165) is 0 Å². The molecule has 0 aliphatic rings. The molecule has 0 aliphatic heterocycles. The second-order valence-corrected chi connectivity index (χ2v) is 6.90. The summed E-state index contributed by atoms with van der Waals surface area (Å²) in [5.41, 5.74) is 0.953. The number of fused-ring (bicyclic) bond motifs is 1. The number of nitrogens with zero attached hydrogens (tertiary/aromatic N) is 2. The van der Waals surface area contributed by atoms with Crippen LogP contribution in [0.5, 0.6) is 0 Å². The Hall–Kier alpha value is -1.89. The van der Waals surface area contributed by atoms with Crippen molar-refractivity contribution in [2.24, 2.45) is 0 Å². The van der Waals surface area contributed by atoms with E-state index in [9.17, 15) is 8.42 Å². The molecule has 8 heteroatoms. The maximum Gasteiger partial charge on any atom is 0.264 e. The largest absolute Gasteiger partial charge is 0.279 e. The maximum absolute atomic E-state index is 12.5. The SMILES string of the molecule is O=S(=O)(Nc1ccncc1)c1cnc2ccc(Cl)cc2c1Cl. The van der Waals surface area contributed by atoms with Crippen molar-refractivity contribution in [2.75, 3.05) is 4.72 Å². The summed E-state index contributed by atoms with van der Waals surface area (Å²) in [6, 6.07) is 8.00. The molecule has 0 unspecified atom stereocenters. The van der Waals surface area contributed by atoms with Crippen molar-refractivity contribution in [1.29, 1.82) is 0 Å². The van der Waals surface area contributed by atoms with E-state index in [1.54, 1.807) is 18.2 Å². The predicted octanol–water partition coefficient (Wildman–Crippen LogP) is 3.74. The van der Waals surface area contributed by atoms with Crippen molar-refractivity contribution in [3.05, 3.63) is 59.0 Å². The van der Waals surface area contributed by atoms with Crippen molar-refractivity contribution in [1.82, 2.24) is 9.97 Å². The number of nitrogens with one attached hydrogen (secondary N) is 1. The number of halogens is 2. The lowest BCUT2D eigenvalue weighted by atomic mass is 10.2. The first-order valence-corrected chi connectivity index (χ1v) is 8.38. The van der Waals surface area contributed by atoms with Gasteiger partial charge in [-0.3, -0.25) is 14.7 Å². The molecule has 0 radical (unpaired) electrons. The molecule has 3 aromatic rings. The summed E-state index contributed by atoms with van der Waals surface area (Å²) >= 11 is 12.2. The Bertz CT molecular complexity index is 947. The first kappa shape index (κ1) is 15.0. The van der Waals surface area contributed by atoms with E-state index in [4.69, 9.17) is 23.2 Å². The zero-order valence-corrected chi connectivity index (χ0v) is 13.3. The molecule has 1 aromatic carbocycles. The molecule has 0 saturated carbocycles. The quantitative estimate of drug-likeness (QED) is 0.778. The van der Waals surface area contributed by atoms with Crippen molar-refractivity contribution >= 4 is 49.8 Å². The monoisotopic (exact) mass is 353 g/mol. The third-order valence-electron chi connectivity index (χ3n) is 2.95. The van der Waals surface area contributed by atoms with Gasteiger partial charge in [-0.15, -0.1) is 0 Å². The standard InChI is InChI=1S/C14H9Cl2N3O2S/c15-9-1-2-12-11(7-9)14(16)13(8-18-12)22(20,21)19-10-3-5-17-6-4-10/h1-8H,(H,17,19). The van der Waals surface area contributed by atoms with Gasteiger partial charge in [0.1, 0.15) is 4.90 Å². The smallest absolute Gasteiger partial charge is 0.264 e. The van der Waals surface area contributed by atoms with Crippen LogP contribution >= 0.6 is 23.2 Å². The van der Waals surface area contributed by atoms with Crippen LogP contribution in [0.15, 0.2) is 53.8 Å². The highest BCUT2D eigenvalue weighted by Gasteiger charge is 2.20. The fourth-order valence-electron chi connectivity index (χ4n) is 1.93. The minimum atomic E-state index is -3.86. The Balaban J connectivity index is 2.11. The molecule has 2 heterocycles. The van der Waals surface area contributed by atoms with Gasteiger partial charge in [0, 0.05) is 29.0 Å². The summed E-state index contributed by atoms with van der Waals surface area (Å²) in [4.78, 5) is 7.83. The van der Waals surface area contributed by atoms with Crippen LogP contribution in [0.3, 0.4) is 0 Å². The van der Waals surface area contributed by atoms with Gasteiger partial charge in [0.25, 0.3) is 10.0 Å². The third-order valence-corrected chi connectivity index (χ3v) is 5.10. The third kappa shape index (κ3) is 2.85. The van der Waals surface area contributed by atoms with E-state index in [-0.39, 0.29) is 9.92 Å². The molecular formula is C14H9Cl2N3O2S. The lowest BCUT2D eigenvalue weighted by molar-refractivity contribution is 0.601. The number of hydrogen-bond acceptors (Lipinski definition) is 4. The number of anilines is 1. The molecule has 0 saturated heterocycles. The number of rotatable bonds is 3.